The van der Waals surface area contributed by atoms with Crippen molar-refractivity contribution in [2.24, 2.45) is 0 Å². The van der Waals surface area contributed by atoms with Crippen LogP contribution in [-0.2, 0) is 4.79 Å². The Labute approximate surface area is 117 Å². The molecule has 0 spiro atoms. The van der Waals surface area contributed by atoms with Crippen molar-refractivity contribution in [3.8, 4) is 0 Å². The van der Waals surface area contributed by atoms with E-state index in [1.807, 2.05) is 6.92 Å². The van der Waals surface area contributed by atoms with Gasteiger partial charge in [0.25, 0.3) is 5.91 Å². The number of likely N-dealkylation sites (tertiary alicyclic amines) is 1. The van der Waals surface area contributed by atoms with Crippen molar-refractivity contribution >= 4 is 34.8 Å². The van der Waals surface area contributed by atoms with Crippen LogP contribution in [0.3, 0.4) is 0 Å². The zero-order valence-corrected chi connectivity index (χ0v) is 11.8. The predicted molar refractivity (Wildman–Crippen MR) is 74.5 cm³/mol. The van der Waals surface area contributed by atoms with E-state index in [9.17, 15) is 4.79 Å². The number of carbonyl (C=O) groups is 1. The molecule has 2 rings (SSSR count). The molecule has 0 bridgehead atoms. The lowest BCUT2D eigenvalue weighted by atomic mass is 10.2. The summed E-state index contributed by atoms with van der Waals surface area (Å²) >= 11 is 12.1. The van der Waals surface area contributed by atoms with Gasteiger partial charge in [0, 0.05) is 12.8 Å². The summed E-state index contributed by atoms with van der Waals surface area (Å²) in [7, 11) is 0. The molecule has 1 amide bonds. The molecule has 1 aliphatic rings. The molecule has 2 N–H and O–H groups in total. The highest BCUT2D eigenvalue weighted by Crippen LogP contribution is 2.29. The number of halogens is 2. The lowest BCUT2D eigenvalue weighted by molar-refractivity contribution is -0.901. The Hall–Kier alpha value is -0.770. The molecule has 1 aliphatic heterocycles. The van der Waals surface area contributed by atoms with Gasteiger partial charge in [-0.1, -0.05) is 29.3 Å². The summed E-state index contributed by atoms with van der Waals surface area (Å²) in [6, 6.07) is 5.13. The highest BCUT2D eigenvalue weighted by molar-refractivity contribution is 6.39. The molecule has 1 heterocycles. The van der Waals surface area contributed by atoms with Gasteiger partial charge in [-0.05, 0) is 19.1 Å². The molecule has 5 heteroatoms. The molecule has 1 aromatic carbocycles. The average Bonchev–Trinajstić information content (AvgIpc) is 2.86. The van der Waals surface area contributed by atoms with Crippen molar-refractivity contribution in [3.63, 3.8) is 0 Å². The first kappa shape index (κ1) is 13.7. The normalized spacial score (nSPS) is 17.7. The lowest BCUT2D eigenvalue weighted by Gasteiger charge is -2.20. The summed E-state index contributed by atoms with van der Waals surface area (Å²) in [4.78, 5) is 13.5. The highest BCUT2D eigenvalue weighted by atomic mass is 35.5. The third-order valence-corrected chi connectivity index (χ3v) is 4.09. The minimum Gasteiger partial charge on any atom is -0.325 e. The second-order valence-corrected chi connectivity index (χ2v) is 5.49. The maximum atomic E-state index is 12.2. The monoisotopic (exact) mass is 287 g/mol. The Kier molecular flexibility index (Phi) is 4.49. The summed E-state index contributed by atoms with van der Waals surface area (Å²) in [5.74, 6) is -0.0260. The van der Waals surface area contributed by atoms with Gasteiger partial charge < -0.3 is 10.2 Å². The molecule has 1 saturated heterocycles. The third kappa shape index (κ3) is 2.97. The first-order valence-corrected chi connectivity index (χ1v) is 6.94. The van der Waals surface area contributed by atoms with Crippen molar-refractivity contribution in [1.82, 2.24) is 0 Å². The van der Waals surface area contributed by atoms with Crippen LogP contribution in [0.2, 0.25) is 10.0 Å². The number of quaternary nitrogens is 1. The van der Waals surface area contributed by atoms with Crippen molar-refractivity contribution in [3.05, 3.63) is 28.2 Å². The van der Waals surface area contributed by atoms with Crippen LogP contribution in [-0.4, -0.2) is 25.0 Å². The van der Waals surface area contributed by atoms with Gasteiger partial charge in [-0.15, -0.1) is 0 Å². The maximum Gasteiger partial charge on any atom is 0.282 e. The quantitative estimate of drug-likeness (QED) is 0.876. The Morgan fingerprint density at radius 3 is 2.39 bits per heavy atom. The number of rotatable bonds is 3. The number of hydrogen-bond acceptors (Lipinski definition) is 1. The number of para-hydroxylation sites is 1. The highest BCUT2D eigenvalue weighted by Gasteiger charge is 2.28. The van der Waals surface area contributed by atoms with E-state index in [4.69, 9.17) is 23.2 Å². The van der Waals surface area contributed by atoms with Gasteiger partial charge in [0.2, 0.25) is 0 Å². The number of hydrogen-bond donors (Lipinski definition) is 2. The van der Waals surface area contributed by atoms with E-state index in [1.165, 1.54) is 17.7 Å². The zero-order valence-electron chi connectivity index (χ0n) is 10.3. The minimum atomic E-state index is -0.0696. The van der Waals surface area contributed by atoms with Gasteiger partial charge in [-0.25, -0.2) is 0 Å². The SMILES string of the molecule is C[C@H](C(=O)Nc1c(Cl)cccc1Cl)[NH+]1CCCC1. The molecule has 3 nitrogen and oxygen atoms in total. The van der Waals surface area contributed by atoms with Crippen LogP contribution in [0.5, 0.6) is 0 Å². The standard InChI is InChI=1S/C13H16Cl2N2O/c1-9(17-7-2-3-8-17)13(18)16-12-10(14)5-4-6-11(12)15/h4-6,9H,2-3,7-8H2,1H3,(H,16,18)/p+1/t9-/m1/s1. The minimum absolute atomic E-state index is 0.0260. The summed E-state index contributed by atoms with van der Waals surface area (Å²) in [5.41, 5.74) is 0.510. The van der Waals surface area contributed by atoms with Crippen LogP contribution >= 0.6 is 23.2 Å². The molecule has 0 aliphatic carbocycles. The molecule has 98 valence electrons. The van der Waals surface area contributed by atoms with E-state index in [0.29, 0.717) is 15.7 Å². The van der Waals surface area contributed by atoms with Crippen LogP contribution in [0.15, 0.2) is 18.2 Å². The van der Waals surface area contributed by atoms with Gasteiger partial charge in [0.1, 0.15) is 0 Å². The molecule has 0 saturated carbocycles. The molecular weight excluding hydrogens is 271 g/mol. The topological polar surface area (TPSA) is 33.5 Å². The summed E-state index contributed by atoms with van der Waals surface area (Å²) in [6.45, 7) is 4.07. The van der Waals surface area contributed by atoms with Crippen molar-refractivity contribution in [2.75, 3.05) is 18.4 Å². The van der Waals surface area contributed by atoms with E-state index in [-0.39, 0.29) is 11.9 Å². The third-order valence-electron chi connectivity index (χ3n) is 3.46. The first-order chi connectivity index (χ1) is 8.59. The molecule has 0 aromatic heterocycles. The van der Waals surface area contributed by atoms with Crippen LogP contribution in [0, 0.1) is 0 Å². The Morgan fingerprint density at radius 2 is 1.83 bits per heavy atom. The van der Waals surface area contributed by atoms with Gasteiger partial charge in [-0.3, -0.25) is 4.79 Å². The Balaban J connectivity index is 2.06. The van der Waals surface area contributed by atoms with Gasteiger partial charge >= 0.3 is 0 Å². The number of anilines is 1. The smallest absolute Gasteiger partial charge is 0.282 e. The number of amides is 1. The molecule has 1 fully saturated rings. The fourth-order valence-electron chi connectivity index (χ4n) is 2.30. The fourth-order valence-corrected chi connectivity index (χ4v) is 2.79. The predicted octanol–water partition coefficient (Wildman–Crippen LogP) is 2.00. The molecule has 1 aromatic rings. The maximum absolute atomic E-state index is 12.2. The van der Waals surface area contributed by atoms with Crippen LogP contribution < -0.4 is 10.2 Å². The Bertz CT molecular complexity index is 424. The molecule has 1 atom stereocenters. The number of carbonyl (C=O) groups excluding carboxylic acids is 1. The summed E-state index contributed by atoms with van der Waals surface area (Å²) < 4.78 is 0. The Morgan fingerprint density at radius 1 is 1.28 bits per heavy atom. The van der Waals surface area contributed by atoms with E-state index < -0.39 is 0 Å². The summed E-state index contributed by atoms with van der Waals surface area (Å²) in [6.07, 6.45) is 2.39. The van der Waals surface area contributed by atoms with E-state index in [1.54, 1.807) is 18.2 Å². The van der Waals surface area contributed by atoms with Crippen molar-refractivity contribution < 1.29 is 9.69 Å². The van der Waals surface area contributed by atoms with Crippen LogP contribution in [0.4, 0.5) is 5.69 Å². The first-order valence-electron chi connectivity index (χ1n) is 6.19. The fraction of sp³-hybridized carbons (Fsp3) is 0.462. The van der Waals surface area contributed by atoms with E-state index >= 15 is 0 Å². The van der Waals surface area contributed by atoms with E-state index in [2.05, 4.69) is 5.32 Å². The zero-order chi connectivity index (χ0) is 13.1. The molecule has 0 unspecified atom stereocenters. The lowest BCUT2D eigenvalue weighted by Crippen LogP contribution is -3.14. The average molecular weight is 288 g/mol. The number of nitrogens with one attached hydrogen (secondary N) is 2. The second-order valence-electron chi connectivity index (χ2n) is 4.67. The molecule has 18 heavy (non-hydrogen) atoms. The summed E-state index contributed by atoms with van der Waals surface area (Å²) in [5, 5.41) is 3.77. The van der Waals surface area contributed by atoms with Crippen molar-refractivity contribution in [2.45, 2.75) is 25.8 Å². The molecule has 0 radical (unpaired) electrons. The van der Waals surface area contributed by atoms with Crippen LogP contribution in [0.1, 0.15) is 19.8 Å². The number of benzene rings is 1. The van der Waals surface area contributed by atoms with Crippen LogP contribution in [0.25, 0.3) is 0 Å². The van der Waals surface area contributed by atoms with E-state index in [0.717, 1.165) is 13.1 Å². The van der Waals surface area contributed by atoms with Crippen molar-refractivity contribution in [1.29, 1.82) is 0 Å². The van der Waals surface area contributed by atoms with Gasteiger partial charge in [0.05, 0.1) is 28.8 Å². The van der Waals surface area contributed by atoms with Gasteiger partial charge in [-0.2, -0.15) is 0 Å². The van der Waals surface area contributed by atoms with Gasteiger partial charge in [0.15, 0.2) is 6.04 Å². The largest absolute Gasteiger partial charge is 0.325 e. The molecular formula is C13H17Cl2N2O+. The second kappa shape index (κ2) is 5.91.